The van der Waals surface area contributed by atoms with Gasteiger partial charge in [0.25, 0.3) is 5.91 Å². The first kappa shape index (κ1) is 11.3. The second-order valence-electron chi connectivity index (χ2n) is 3.32. The van der Waals surface area contributed by atoms with Gasteiger partial charge in [-0.15, -0.1) is 6.42 Å². The first-order valence-corrected chi connectivity index (χ1v) is 4.89. The molecule has 1 heterocycles. The van der Waals surface area contributed by atoms with E-state index in [1.807, 2.05) is 6.92 Å². The number of amides is 1. The second kappa shape index (κ2) is 5.20. The van der Waals surface area contributed by atoms with Crippen molar-refractivity contribution in [1.82, 2.24) is 14.5 Å². The summed E-state index contributed by atoms with van der Waals surface area (Å²) in [6.07, 6.45) is 9.28. The zero-order chi connectivity index (χ0) is 11.3. The van der Waals surface area contributed by atoms with Gasteiger partial charge in [0.15, 0.2) is 0 Å². The Kier molecular flexibility index (Phi) is 3.92. The molecule has 1 aromatic rings. The molecule has 0 saturated carbocycles. The van der Waals surface area contributed by atoms with Gasteiger partial charge in [-0.3, -0.25) is 4.79 Å². The Labute approximate surface area is 89.9 Å². The van der Waals surface area contributed by atoms with Gasteiger partial charge in [-0.25, -0.2) is 4.98 Å². The minimum absolute atomic E-state index is 0.0604. The minimum Gasteiger partial charge on any atom is -0.330 e. The van der Waals surface area contributed by atoms with E-state index in [2.05, 4.69) is 10.9 Å². The lowest BCUT2D eigenvalue weighted by Crippen LogP contribution is -2.33. The van der Waals surface area contributed by atoms with E-state index in [9.17, 15) is 4.79 Å². The molecule has 1 aromatic heterocycles. The Hall–Kier alpha value is -1.76. The van der Waals surface area contributed by atoms with Crippen molar-refractivity contribution in [3.63, 3.8) is 0 Å². The SMILES string of the molecule is C#CCN(CCC)C(=O)c1cncn1C. The fourth-order valence-electron chi connectivity index (χ4n) is 1.36. The summed E-state index contributed by atoms with van der Waals surface area (Å²) in [6, 6.07) is 0. The fourth-order valence-corrected chi connectivity index (χ4v) is 1.36. The van der Waals surface area contributed by atoms with Gasteiger partial charge in [0.05, 0.1) is 19.1 Å². The van der Waals surface area contributed by atoms with Crippen molar-refractivity contribution < 1.29 is 4.79 Å². The largest absolute Gasteiger partial charge is 0.330 e. The molecule has 80 valence electrons. The third-order valence-corrected chi connectivity index (χ3v) is 2.10. The van der Waals surface area contributed by atoms with Gasteiger partial charge in [-0.2, -0.15) is 0 Å². The number of hydrogen-bond acceptors (Lipinski definition) is 2. The van der Waals surface area contributed by atoms with Crippen LogP contribution in [-0.2, 0) is 7.05 Å². The summed E-state index contributed by atoms with van der Waals surface area (Å²) in [7, 11) is 1.79. The van der Waals surface area contributed by atoms with E-state index < -0.39 is 0 Å². The number of nitrogens with zero attached hydrogens (tertiary/aromatic N) is 3. The van der Waals surface area contributed by atoms with Crippen LogP contribution < -0.4 is 0 Å². The smallest absolute Gasteiger partial charge is 0.272 e. The number of rotatable bonds is 4. The van der Waals surface area contributed by atoms with Gasteiger partial charge in [0, 0.05) is 13.6 Å². The number of carbonyl (C=O) groups excluding carboxylic acids is 1. The van der Waals surface area contributed by atoms with Gasteiger partial charge >= 0.3 is 0 Å². The van der Waals surface area contributed by atoms with Crippen LogP contribution in [0.15, 0.2) is 12.5 Å². The first-order valence-electron chi connectivity index (χ1n) is 4.89. The lowest BCUT2D eigenvalue weighted by atomic mass is 10.3. The number of imidazole rings is 1. The predicted octanol–water partition coefficient (Wildman–Crippen LogP) is 0.906. The minimum atomic E-state index is -0.0604. The molecule has 0 aliphatic carbocycles. The maximum absolute atomic E-state index is 12.0. The van der Waals surface area contributed by atoms with Crippen molar-refractivity contribution >= 4 is 5.91 Å². The highest BCUT2D eigenvalue weighted by molar-refractivity contribution is 5.92. The molecule has 0 radical (unpaired) electrons. The van der Waals surface area contributed by atoms with Crippen LogP contribution in [0.1, 0.15) is 23.8 Å². The Morgan fingerprint density at radius 3 is 2.93 bits per heavy atom. The third kappa shape index (κ3) is 2.59. The highest BCUT2D eigenvalue weighted by Gasteiger charge is 2.16. The molecule has 0 aliphatic rings. The molecule has 0 saturated heterocycles. The Bertz CT molecular complexity index is 375. The molecule has 0 spiro atoms. The molecule has 1 rings (SSSR count). The third-order valence-electron chi connectivity index (χ3n) is 2.10. The van der Waals surface area contributed by atoms with Crippen molar-refractivity contribution in [2.45, 2.75) is 13.3 Å². The van der Waals surface area contributed by atoms with E-state index >= 15 is 0 Å². The van der Waals surface area contributed by atoms with Crippen molar-refractivity contribution in [3.05, 3.63) is 18.2 Å². The summed E-state index contributed by atoms with van der Waals surface area (Å²) in [5, 5.41) is 0. The Balaban J connectivity index is 2.81. The first-order chi connectivity index (χ1) is 7.20. The molecule has 15 heavy (non-hydrogen) atoms. The molecular formula is C11H15N3O. The van der Waals surface area contributed by atoms with Crippen LogP contribution in [0.25, 0.3) is 0 Å². The molecule has 0 atom stereocenters. The van der Waals surface area contributed by atoms with E-state index in [-0.39, 0.29) is 5.91 Å². The summed E-state index contributed by atoms with van der Waals surface area (Å²) in [5.41, 5.74) is 0.568. The zero-order valence-corrected chi connectivity index (χ0v) is 9.10. The maximum atomic E-state index is 12.0. The molecule has 0 N–H and O–H groups in total. The van der Waals surface area contributed by atoms with Crippen LogP contribution in [0.3, 0.4) is 0 Å². The second-order valence-corrected chi connectivity index (χ2v) is 3.32. The van der Waals surface area contributed by atoms with Crippen molar-refractivity contribution in [1.29, 1.82) is 0 Å². The highest BCUT2D eigenvalue weighted by Crippen LogP contribution is 2.03. The van der Waals surface area contributed by atoms with Crippen LogP contribution in [0.2, 0.25) is 0 Å². The molecule has 0 bridgehead atoms. The van der Waals surface area contributed by atoms with Crippen molar-refractivity contribution in [2.75, 3.05) is 13.1 Å². The monoisotopic (exact) mass is 205 g/mol. The van der Waals surface area contributed by atoms with Gasteiger partial charge in [-0.05, 0) is 6.42 Å². The average Bonchev–Trinajstić information content (AvgIpc) is 2.63. The van der Waals surface area contributed by atoms with Gasteiger partial charge in [0.1, 0.15) is 5.69 Å². The molecule has 0 aromatic carbocycles. The topological polar surface area (TPSA) is 38.1 Å². The van der Waals surface area contributed by atoms with Crippen molar-refractivity contribution in [2.24, 2.45) is 7.05 Å². The summed E-state index contributed by atoms with van der Waals surface area (Å²) in [4.78, 5) is 17.5. The van der Waals surface area contributed by atoms with Crippen LogP contribution in [0, 0.1) is 12.3 Å². The van der Waals surface area contributed by atoms with Crippen molar-refractivity contribution in [3.8, 4) is 12.3 Å². The summed E-state index contributed by atoms with van der Waals surface area (Å²) in [6.45, 7) is 3.03. The normalized spacial score (nSPS) is 9.67. The van der Waals surface area contributed by atoms with Crippen LogP contribution in [-0.4, -0.2) is 33.4 Å². The standard InChI is InChI=1S/C11H15N3O/c1-4-6-14(7-5-2)11(15)10-8-12-9-13(10)3/h1,8-9H,5-7H2,2-3H3. The molecular weight excluding hydrogens is 190 g/mol. The van der Waals surface area contributed by atoms with Crippen LogP contribution in [0.5, 0.6) is 0 Å². The highest BCUT2D eigenvalue weighted by atomic mass is 16.2. The molecule has 0 fully saturated rings. The quantitative estimate of drug-likeness (QED) is 0.685. The maximum Gasteiger partial charge on any atom is 0.272 e. The summed E-state index contributed by atoms with van der Waals surface area (Å²) in [5.74, 6) is 2.43. The molecule has 4 nitrogen and oxygen atoms in total. The molecule has 4 heteroatoms. The van der Waals surface area contributed by atoms with E-state index in [0.717, 1.165) is 6.42 Å². The van der Waals surface area contributed by atoms with E-state index in [1.54, 1.807) is 29.0 Å². The lowest BCUT2D eigenvalue weighted by Gasteiger charge is -2.19. The van der Waals surface area contributed by atoms with Crippen LogP contribution in [0.4, 0.5) is 0 Å². The fraction of sp³-hybridized carbons (Fsp3) is 0.455. The number of carbonyl (C=O) groups is 1. The van der Waals surface area contributed by atoms with Gasteiger partial charge in [-0.1, -0.05) is 12.8 Å². The summed E-state index contributed by atoms with van der Waals surface area (Å²) < 4.78 is 1.70. The number of hydrogen-bond donors (Lipinski definition) is 0. The van der Waals surface area contributed by atoms with E-state index in [4.69, 9.17) is 6.42 Å². The zero-order valence-electron chi connectivity index (χ0n) is 9.10. The number of terminal acetylenes is 1. The average molecular weight is 205 g/mol. The molecule has 1 amide bonds. The van der Waals surface area contributed by atoms with Gasteiger partial charge < -0.3 is 9.47 Å². The molecule has 0 aliphatic heterocycles. The number of aromatic nitrogens is 2. The lowest BCUT2D eigenvalue weighted by molar-refractivity contribution is 0.0767. The van der Waals surface area contributed by atoms with E-state index in [0.29, 0.717) is 18.8 Å². The number of aryl methyl sites for hydroxylation is 1. The predicted molar refractivity (Wildman–Crippen MR) is 58.2 cm³/mol. The van der Waals surface area contributed by atoms with Gasteiger partial charge in [0.2, 0.25) is 0 Å². The Morgan fingerprint density at radius 1 is 1.73 bits per heavy atom. The summed E-state index contributed by atoms with van der Waals surface area (Å²) >= 11 is 0. The van der Waals surface area contributed by atoms with Crippen LogP contribution >= 0.6 is 0 Å². The van der Waals surface area contributed by atoms with E-state index in [1.165, 1.54) is 0 Å². The molecule has 0 unspecified atom stereocenters. The Morgan fingerprint density at radius 2 is 2.47 bits per heavy atom.